The Morgan fingerprint density at radius 2 is 1.90 bits per heavy atom. The minimum absolute atomic E-state index is 0. The zero-order valence-electron chi connectivity index (χ0n) is 10.2. The van der Waals surface area contributed by atoms with Gasteiger partial charge in [-0.15, -0.1) is 12.4 Å². The number of benzene rings is 1. The van der Waals surface area contributed by atoms with E-state index < -0.39 is 6.10 Å². The van der Waals surface area contributed by atoms with E-state index in [-0.39, 0.29) is 24.2 Å². The van der Waals surface area contributed by atoms with E-state index in [1.807, 2.05) is 24.3 Å². The molecule has 1 unspecified atom stereocenters. The maximum Gasteiger partial charge on any atom is 0.259 e. The topological polar surface area (TPSA) is 69.4 Å². The number of hydrogen-bond donors (Lipinski definition) is 2. The van der Waals surface area contributed by atoms with Crippen LogP contribution in [0.5, 0.6) is 5.75 Å². The maximum atomic E-state index is 11.8. The Hall–Kier alpha value is -2.40. The fraction of sp³-hybridized carbons (Fsp3) is 0.0714. The molecule has 3 aliphatic rings. The first kappa shape index (κ1) is 12.6. The number of imide groups is 1. The van der Waals surface area contributed by atoms with Gasteiger partial charge in [-0.2, -0.15) is 0 Å². The lowest BCUT2D eigenvalue weighted by molar-refractivity contribution is -0.362. The predicted octanol–water partition coefficient (Wildman–Crippen LogP) is -0.455. The number of nitrogens with one attached hydrogen (secondary N) is 2. The molecule has 0 spiro atoms. The van der Waals surface area contributed by atoms with Crippen molar-refractivity contribution >= 4 is 35.6 Å². The van der Waals surface area contributed by atoms with Crippen LogP contribution < -0.4 is 15.0 Å². The molecule has 0 radical (unpaired) electrons. The summed E-state index contributed by atoms with van der Waals surface area (Å²) < 4.78 is 5.85. The fourth-order valence-corrected chi connectivity index (χ4v) is 2.51. The van der Waals surface area contributed by atoms with Crippen LogP contribution in [0.4, 0.5) is 5.69 Å². The summed E-state index contributed by atoms with van der Waals surface area (Å²) in [4.78, 5) is 26.7. The second-order valence-corrected chi connectivity index (χ2v) is 4.52. The van der Waals surface area contributed by atoms with Gasteiger partial charge in [0.1, 0.15) is 0 Å². The number of halogens is 1. The SMILES string of the molecule is Cl.O=C1NC(=O)C2=C1C=CC1=[NH+]c3ccccc3OC12. The molecular formula is C14H10ClN2O3+. The molecule has 0 fully saturated rings. The molecule has 1 aliphatic carbocycles. The lowest BCUT2D eigenvalue weighted by atomic mass is 9.94. The van der Waals surface area contributed by atoms with E-state index in [1.54, 1.807) is 12.2 Å². The van der Waals surface area contributed by atoms with Crippen molar-refractivity contribution in [3.63, 3.8) is 0 Å². The van der Waals surface area contributed by atoms with E-state index in [4.69, 9.17) is 4.74 Å². The smallest absolute Gasteiger partial charge is 0.259 e. The number of carbonyl (C=O) groups excluding carboxylic acids is 2. The molecule has 2 heterocycles. The monoisotopic (exact) mass is 289 g/mol. The van der Waals surface area contributed by atoms with Crippen LogP contribution in [-0.4, -0.2) is 23.6 Å². The van der Waals surface area contributed by atoms with Gasteiger partial charge in [-0.05, 0) is 12.1 Å². The third-order valence-corrected chi connectivity index (χ3v) is 3.39. The number of fused-ring (bicyclic) bond motifs is 3. The highest BCUT2D eigenvalue weighted by Crippen LogP contribution is 2.30. The Balaban J connectivity index is 0.00000121. The van der Waals surface area contributed by atoms with Gasteiger partial charge in [0.05, 0.1) is 11.1 Å². The van der Waals surface area contributed by atoms with Gasteiger partial charge in [0.2, 0.25) is 17.5 Å². The van der Waals surface area contributed by atoms with Crippen molar-refractivity contribution in [2.45, 2.75) is 6.10 Å². The van der Waals surface area contributed by atoms with Gasteiger partial charge in [0.15, 0.2) is 5.75 Å². The molecule has 6 heteroatoms. The first-order valence-electron chi connectivity index (χ1n) is 5.91. The first-order valence-corrected chi connectivity index (χ1v) is 5.91. The van der Waals surface area contributed by atoms with Gasteiger partial charge in [-0.1, -0.05) is 12.1 Å². The molecule has 0 saturated heterocycles. The summed E-state index contributed by atoms with van der Waals surface area (Å²) in [7, 11) is 0. The minimum atomic E-state index is -0.540. The summed E-state index contributed by atoms with van der Waals surface area (Å²) >= 11 is 0. The number of ether oxygens (including phenoxy) is 1. The molecule has 4 rings (SSSR count). The summed E-state index contributed by atoms with van der Waals surface area (Å²) in [5.74, 6) is -0.0728. The van der Waals surface area contributed by atoms with Crippen LogP contribution in [0, 0.1) is 0 Å². The van der Waals surface area contributed by atoms with Crippen LogP contribution in [-0.2, 0) is 9.59 Å². The summed E-state index contributed by atoms with van der Waals surface area (Å²) in [6, 6.07) is 7.49. The van der Waals surface area contributed by atoms with Gasteiger partial charge in [-0.25, -0.2) is 4.99 Å². The van der Waals surface area contributed by atoms with Crippen molar-refractivity contribution in [1.29, 1.82) is 0 Å². The summed E-state index contributed by atoms with van der Waals surface area (Å²) in [5.41, 5.74) is 2.39. The lowest BCUT2D eigenvalue weighted by Crippen LogP contribution is -2.72. The Morgan fingerprint density at radius 3 is 2.75 bits per heavy atom. The van der Waals surface area contributed by atoms with E-state index in [0.717, 1.165) is 11.4 Å². The van der Waals surface area contributed by atoms with E-state index in [0.29, 0.717) is 16.9 Å². The third-order valence-electron chi connectivity index (χ3n) is 3.39. The molecule has 2 amide bonds. The van der Waals surface area contributed by atoms with Gasteiger partial charge in [0.25, 0.3) is 11.8 Å². The molecular weight excluding hydrogens is 280 g/mol. The van der Waals surface area contributed by atoms with Crippen molar-refractivity contribution in [1.82, 2.24) is 5.32 Å². The number of para-hydroxylation sites is 2. The standard InChI is InChI=1S/C14H8N2O3.ClH/c17-13-7-5-6-9-12(11(7)14(18)16-13)19-10-4-2-1-3-8(10)15-9;/h1-6,12H,(H,16,17,18);1H/p+1. The quantitative estimate of drug-likeness (QED) is 0.636. The van der Waals surface area contributed by atoms with Gasteiger partial charge in [0, 0.05) is 12.1 Å². The molecule has 1 atom stereocenters. The van der Waals surface area contributed by atoms with Gasteiger partial charge in [-0.3, -0.25) is 14.9 Å². The number of hydrogen-bond acceptors (Lipinski definition) is 3. The van der Waals surface area contributed by atoms with Gasteiger partial charge >= 0.3 is 0 Å². The maximum absolute atomic E-state index is 11.8. The predicted molar refractivity (Wildman–Crippen MR) is 73.1 cm³/mol. The molecule has 2 aliphatic heterocycles. The second kappa shape index (κ2) is 4.31. The van der Waals surface area contributed by atoms with Crippen molar-refractivity contribution < 1.29 is 19.3 Å². The third kappa shape index (κ3) is 1.60. The molecule has 1 aromatic rings. The Labute approximate surface area is 120 Å². The minimum Gasteiger partial charge on any atom is -0.467 e. The fourth-order valence-electron chi connectivity index (χ4n) is 2.51. The molecule has 2 N–H and O–H groups in total. The van der Waals surface area contributed by atoms with Crippen LogP contribution in [0.15, 0.2) is 47.6 Å². The largest absolute Gasteiger partial charge is 0.467 e. The normalized spacial score (nSPS) is 22.0. The van der Waals surface area contributed by atoms with Crippen LogP contribution in [0.1, 0.15) is 0 Å². The highest BCUT2D eigenvalue weighted by atomic mass is 35.5. The summed E-state index contributed by atoms with van der Waals surface area (Å²) in [5, 5.41) is 2.29. The lowest BCUT2D eigenvalue weighted by Gasteiger charge is -2.22. The van der Waals surface area contributed by atoms with Crippen molar-refractivity contribution in [2.75, 3.05) is 0 Å². The van der Waals surface area contributed by atoms with Crippen molar-refractivity contribution in [3.8, 4) is 5.75 Å². The molecule has 0 bridgehead atoms. The molecule has 0 aromatic heterocycles. The molecule has 0 saturated carbocycles. The van der Waals surface area contributed by atoms with Crippen molar-refractivity contribution in [2.24, 2.45) is 0 Å². The first-order chi connectivity index (χ1) is 9.24. The average Bonchev–Trinajstić information content (AvgIpc) is 2.72. The summed E-state index contributed by atoms with van der Waals surface area (Å²) in [6.07, 6.45) is 2.88. The Bertz CT molecular complexity index is 734. The molecule has 20 heavy (non-hydrogen) atoms. The molecule has 1 aromatic carbocycles. The van der Waals surface area contributed by atoms with Crippen LogP contribution in [0.25, 0.3) is 0 Å². The number of rotatable bonds is 0. The van der Waals surface area contributed by atoms with E-state index in [9.17, 15) is 9.59 Å². The van der Waals surface area contributed by atoms with Crippen LogP contribution in [0.2, 0.25) is 0 Å². The zero-order valence-corrected chi connectivity index (χ0v) is 11.0. The summed E-state index contributed by atoms with van der Waals surface area (Å²) in [6.45, 7) is 0. The van der Waals surface area contributed by atoms with E-state index in [1.165, 1.54) is 0 Å². The van der Waals surface area contributed by atoms with Gasteiger partial charge < -0.3 is 4.74 Å². The molecule has 5 nitrogen and oxygen atoms in total. The van der Waals surface area contributed by atoms with E-state index >= 15 is 0 Å². The number of amides is 2. The van der Waals surface area contributed by atoms with E-state index in [2.05, 4.69) is 10.3 Å². The average molecular weight is 290 g/mol. The zero-order chi connectivity index (χ0) is 13.0. The Morgan fingerprint density at radius 1 is 1.10 bits per heavy atom. The van der Waals surface area contributed by atoms with Crippen LogP contribution >= 0.6 is 12.4 Å². The number of carbonyl (C=O) groups is 2. The van der Waals surface area contributed by atoms with Crippen LogP contribution in [0.3, 0.4) is 0 Å². The van der Waals surface area contributed by atoms with Crippen molar-refractivity contribution in [3.05, 3.63) is 47.6 Å². The highest BCUT2D eigenvalue weighted by Gasteiger charge is 2.44. The highest BCUT2D eigenvalue weighted by molar-refractivity contribution is 6.25. The molecule has 100 valence electrons. The second-order valence-electron chi connectivity index (χ2n) is 4.52. The Kier molecular flexibility index (Phi) is 2.72.